The van der Waals surface area contributed by atoms with Crippen LogP contribution < -0.4 is 4.90 Å². The summed E-state index contributed by atoms with van der Waals surface area (Å²) in [6, 6.07) is 8.66. The van der Waals surface area contributed by atoms with Crippen molar-refractivity contribution >= 4 is 16.1 Å². The second-order valence-electron chi connectivity index (χ2n) is 3.60. The Kier molecular flexibility index (Phi) is 7.58. The third-order valence-electron chi connectivity index (χ3n) is 2.48. The van der Waals surface area contributed by atoms with E-state index >= 15 is 0 Å². The van der Waals surface area contributed by atoms with Crippen molar-refractivity contribution in [2.75, 3.05) is 18.0 Å². The molecule has 1 aromatic rings. The zero-order chi connectivity index (χ0) is 14.2. The van der Waals surface area contributed by atoms with Crippen LogP contribution in [-0.2, 0) is 16.8 Å². The summed E-state index contributed by atoms with van der Waals surface area (Å²) in [5.41, 5.74) is 2.85. The van der Waals surface area contributed by atoms with Crippen LogP contribution in [0.5, 0.6) is 0 Å². The van der Waals surface area contributed by atoms with Gasteiger partial charge in [-0.15, -0.1) is 0 Å². The third-order valence-corrected chi connectivity index (χ3v) is 2.48. The van der Waals surface area contributed by atoms with Crippen molar-refractivity contribution in [2.24, 2.45) is 0 Å². The lowest BCUT2D eigenvalue weighted by Crippen LogP contribution is -2.22. The van der Waals surface area contributed by atoms with Gasteiger partial charge in [0.15, 0.2) is 0 Å². The molecule has 0 atom stereocenters. The van der Waals surface area contributed by atoms with Gasteiger partial charge in [0.25, 0.3) is 0 Å². The van der Waals surface area contributed by atoms with Gasteiger partial charge in [-0.3, -0.25) is 9.11 Å². The molecule has 0 fully saturated rings. The van der Waals surface area contributed by atoms with Crippen LogP contribution in [0.3, 0.4) is 0 Å². The molecule has 1 rings (SSSR count). The number of hydrogen-bond donors (Lipinski definition) is 2. The molecule has 0 aromatic heterocycles. The summed E-state index contributed by atoms with van der Waals surface area (Å²) < 4.78 is 31.6. The second-order valence-corrected chi connectivity index (χ2v) is 4.50. The Balaban J connectivity index is 0.000000494. The van der Waals surface area contributed by atoms with Gasteiger partial charge in [-0.25, -0.2) is 0 Å². The molecule has 18 heavy (non-hydrogen) atoms. The molecule has 1 aromatic carbocycles. The predicted molar refractivity (Wildman–Crippen MR) is 73.6 cm³/mol. The molecule has 0 unspecified atom stereocenters. The van der Waals surface area contributed by atoms with Crippen LogP contribution in [0, 0.1) is 0 Å². The minimum Gasteiger partial charge on any atom is -0.372 e. The normalized spacial score (nSPS) is 10.5. The summed E-state index contributed by atoms with van der Waals surface area (Å²) in [5.74, 6) is 0. The molecule has 0 spiro atoms. The van der Waals surface area contributed by atoms with Crippen molar-refractivity contribution in [2.45, 2.75) is 27.2 Å². The zero-order valence-corrected chi connectivity index (χ0v) is 11.8. The SMILES string of the molecule is CCc1ccccc1N(CC)CC.O=S(=O)(O)O. The standard InChI is InChI=1S/C12H19N.H2O4S/c1-4-11-9-7-8-10-12(11)13(5-2)6-3;1-5(2,3)4/h7-10H,4-6H2,1-3H3;(H2,1,2,3,4). The molecular formula is C12H21NO4S. The average Bonchev–Trinajstić information content (AvgIpc) is 2.29. The van der Waals surface area contributed by atoms with E-state index in [1.807, 2.05) is 0 Å². The summed E-state index contributed by atoms with van der Waals surface area (Å²) in [5, 5.41) is 0. The summed E-state index contributed by atoms with van der Waals surface area (Å²) in [6.45, 7) is 8.80. The molecule has 0 saturated carbocycles. The van der Waals surface area contributed by atoms with Crippen molar-refractivity contribution < 1.29 is 17.5 Å². The summed E-state index contributed by atoms with van der Waals surface area (Å²) in [6.07, 6.45) is 1.12. The number of nitrogens with zero attached hydrogens (tertiary/aromatic N) is 1. The Morgan fingerprint density at radius 3 is 1.89 bits per heavy atom. The number of para-hydroxylation sites is 1. The molecule has 2 N–H and O–H groups in total. The highest BCUT2D eigenvalue weighted by Gasteiger charge is 2.04. The Labute approximate surface area is 109 Å². The van der Waals surface area contributed by atoms with Crippen molar-refractivity contribution in [3.63, 3.8) is 0 Å². The van der Waals surface area contributed by atoms with E-state index in [1.165, 1.54) is 11.3 Å². The van der Waals surface area contributed by atoms with Gasteiger partial charge >= 0.3 is 10.4 Å². The van der Waals surface area contributed by atoms with Crippen LogP contribution in [0.4, 0.5) is 5.69 Å². The van der Waals surface area contributed by atoms with Gasteiger partial charge in [0, 0.05) is 18.8 Å². The Morgan fingerprint density at radius 1 is 1.06 bits per heavy atom. The highest BCUT2D eigenvalue weighted by molar-refractivity contribution is 7.79. The maximum atomic E-state index is 8.74. The number of benzene rings is 1. The molecule has 0 radical (unpaired) electrons. The minimum atomic E-state index is -4.67. The number of hydrogen-bond acceptors (Lipinski definition) is 3. The lowest BCUT2D eigenvalue weighted by molar-refractivity contribution is 0.381. The van der Waals surface area contributed by atoms with Gasteiger partial charge in [-0.05, 0) is 31.9 Å². The van der Waals surface area contributed by atoms with Crippen LogP contribution >= 0.6 is 0 Å². The van der Waals surface area contributed by atoms with E-state index < -0.39 is 10.4 Å². The predicted octanol–water partition coefficient (Wildman–Crippen LogP) is 2.44. The van der Waals surface area contributed by atoms with Crippen LogP contribution in [0.1, 0.15) is 26.3 Å². The fraction of sp³-hybridized carbons (Fsp3) is 0.500. The lowest BCUT2D eigenvalue weighted by atomic mass is 10.1. The molecule has 5 nitrogen and oxygen atoms in total. The minimum absolute atomic E-state index is 1.09. The first-order chi connectivity index (χ1) is 8.33. The van der Waals surface area contributed by atoms with Gasteiger partial charge < -0.3 is 4.90 Å². The van der Waals surface area contributed by atoms with E-state index in [0.717, 1.165) is 19.5 Å². The fourth-order valence-electron chi connectivity index (χ4n) is 1.68. The van der Waals surface area contributed by atoms with E-state index in [-0.39, 0.29) is 0 Å². The van der Waals surface area contributed by atoms with Gasteiger partial charge in [-0.2, -0.15) is 8.42 Å². The maximum Gasteiger partial charge on any atom is 0.394 e. The zero-order valence-electron chi connectivity index (χ0n) is 11.0. The molecule has 0 aliphatic rings. The fourth-order valence-corrected chi connectivity index (χ4v) is 1.68. The molecule has 0 aliphatic carbocycles. The number of anilines is 1. The molecule has 0 bridgehead atoms. The molecule has 6 heteroatoms. The summed E-state index contributed by atoms with van der Waals surface area (Å²) in [4.78, 5) is 2.40. The Hall–Kier alpha value is -1.11. The quantitative estimate of drug-likeness (QED) is 0.825. The van der Waals surface area contributed by atoms with Crippen molar-refractivity contribution in [1.29, 1.82) is 0 Å². The van der Waals surface area contributed by atoms with Crippen molar-refractivity contribution in [1.82, 2.24) is 0 Å². The van der Waals surface area contributed by atoms with E-state index in [2.05, 4.69) is 49.9 Å². The van der Waals surface area contributed by atoms with Crippen LogP contribution in [-0.4, -0.2) is 30.6 Å². The Bertz CT molecular complexity index is 433. The molecular weight excluding hydrogens is 254 g/mol. The first kappa shape index (κ1) is 16.9. The molecule has 0 heterocycles. The maximum absolute atomic E-state index is 8.74. The van der Waals surface area contributed by atoms with Gasteiger partial charge in [-0.1, -0.05) is 25.1 Å². The largest absolute Gasteiger partial charge is 0.394 e. The van der Waals surface area contributed by atoms with E-state index in [9.17, 15) is 0 Å². The smallest absolute Gasteiger partial charge is 0.372 e. The van der Waals surface area contributed by atoms with Gasteiger partial charge in [0.1, 0.15) is 0 Å². The topological polar surface area (TPSA) is 77.8 Å². The first-order valence-corrected chi connectivity index (χ1v) is 7.25. The molecule has 104 valence electrons. The molecule has 0 saturated heterocycles. The monoisotopic (exact) mass is 275 g/mol. The van der Waals surface area contributed by atoms with Gasteiger partial charge in [0.2, 0.25) is 0 Å². The number of rotatable bonds is 4. The van der Waals surface area contributed by atoms with E-state index in [1.54, 1.807) is 0 Å². The Morgan fingerprint density at radius 2 is 1.50 bits per heavy atom. The van der Waals surface area contributed by atoms with Crippen molar-refractivity contribution in [3.8, 4) is 0 Å². The third kappa shape index (κ3) is 7.26. The highest BCUT2D eigenvalue weighted by atomic mass is 32.3. The van der Waals surface area contributed by atoms with Gasteiger partial charge in [0.05, 0.1) is 0 Å². The van der Waals surface area contributed by atoms with Crippen LogP contribution in [0.25, 0.3) is 0 Å². The summed E-state index contributed by atoms with van der Waals surface area (Å²) in [7, 11) is -4.67. The molecule has 0 aliphatic heterocycles. The van der Waals surface area contributed by atoms with Crippen LogP contribution in [0.2, 0.25) is 0 Å². The van der Waals surface area contributed by atoms with E-state index in [4.69, 9.17) is 17.5 Å². The molecule has 0 amide bonds. The summed E-state index contributed by atoms with van der Waals surface area (Å²) >= 11 is 0. The van der Waals surface area contributed by atoms with E-state index in [0.29, 0.717) is 0 Å². The van der Waals surface area contributed by atoms with Crippen molar-refractivity contribution in [3.05, 3.63) is 29.8 Å². The average molecular weight is 275 g/mol. The highest BCUT2D eigenvalue weighted by Crippen LogP contribution is 2.20. The lowest BCUT2D eigenvalue weighted by Gasteiger charge is -2.23. The first-order valence-electron chi connectivity index (χ1n) is 5.86. The number of aryl methyl sites for hydroxylation is 1. The van der Waals surface area contributed by atoms with Crippen LogP contribution in [0.15, 0.2) is 24.3 Å². The second kappa shape index (κ2) is 8.07.